The molecule has 0 fully saturated rings. The molecular formula is C20H22. The first kappa shape index (κ1) is 12.2. The van der Waals surface area contributed by atoms with Crippen molar-refractivity contribution in [2.75, 3.05) is 0 Å². The van der Waals surface area contributed by atoms with Crippen molar-refractivity contribution in [1.29, 1.82) is 0 Å². The fraction of sp³-hybridized carbons (Fsp3) is 0.400. The zero-order chi connectivity index (χ0) is 13.4. The van der Waals surface area contributed by atoms with Crippen LogP contribution in [0.4, 0.5) is 0 Å². The van der Waals surface area contributed by atoms with E-state index in [0.717, 1.165) is 11.8 Å². The maximum absolute atomic E-state index is 2.51. The number of fused-ring (bicyclic) bond motifs is 3. The van der Waals surface area contributed by atoms with Gasteiger partial charge in [0.25, 0.3) is 0 Å². The van der Waals surface area contributed by atoms with Crippen LogP contribution in [0.25, 0.3) is 0 Å². The van der Waals surface area contributed by atoms with Gasteiger partial charge in [0.15, 0.2) is 0 Å². The molecule has 4 aliphatic rings. The zero-order valence-electron chi connectivity index (χ0n) is 12.0. The van der Waals surface area contributed by atoms with Gasteiger partial charge in [0.1, 0.15) is 0 Å². The van der Waals surface area contributed by atoms with E-state index in [1.165, 1.54) is 32.1 Å². The van der Waals surface area contributed by atoms with Gasteiger partial charge in [-0.2, -0.15) is 0 Å². The molecule has 0 saturated carbocycles. The zero-order valence-corrected chi connectivity index (χ0v) is 12.0. The molecule has 0 N–H and O–H groups in total. The molecule has 3 unspecified atom stereocenters. The van der Waals surface area contributed by atoms with Crippen molar-refractivity contribution >= 4 is 0 Å². The molecule has 0 spiro atoms. The molecule has 0 aromatic heterocycles. The minimum atomic E-state index is 0.713. The van der Waals surface area contributed by atoms with Crippen LogP contribution in [-0.4, -0.2) is 0 Å². The first-order chi connectivity index (χ1) is 9.95. The Labute approximate surface area is 122 Å². The smallest absolute Gasteiger partial charge is 0.00530 e. The van der Waals surface area contributed by atoms with Crippen LogP contribution in [0.2, 0.25) is 0 Å². The molecule has 102 valence electrons. The van der Waals surface area contributed by atoms with Gasteiger partial charge in [0.2, 0.25) is 0 Å². The Balaban J connectivity index is 1.88. The van der Waals surface area contributed by atoms with Crippen LogP contribution in [0.5, 0.6) is 0 Å². The molecule has 0 radical (unpaired) electrons. The Kier molecular flexibility index (Phi) is 3.10. The summed E-state index contributed by atoms with van der Waals surface area (Å²) in [5.41, 5.74) is 4.93. The maximum Gasteiger partial charge on any atom is -0.00530 e. The summed E-state index contributed by atoms with van der Waals surface area (Å²) in [5.74, 6) is 2.21. The van der Waals surface area contributed by atoms with Gasteiger partial charge in [-0.25, -0.2) is 0 Å². The third-order valence-corrected chi connectivity index (χ3v) is 5.29. The molecule has 20 heavy (non-hydrogen) atoms. The minimum Gasteiger partial charge on any atom is -0.0882 e. The number of hydrogen-bond acceptors (Lipinski definition) is 0. The van der Waals surface area contributed by atoms with Crippen molar-refractivity contribution in [1.82, 2.24) is 0 Å². The fourth-order valence-electron chi connectivity index (χ4n) is 4.45. The summed E-state index contributed by atoms with van der Waals surface area (Å²) >= 11 is 0. The fourth-order valence-corrected chi connectivity index (χ4v) is 4.45. The summed E-state index contributed by atoms with van der Waals surface area (Å²) in [6, 6.07) is 0. The highest BCUT2D eigenvalue weighted by molar-refractivity contribution is 5.52. The second-order valence-electron chi connectivity index (χ2n) is 6.35. The third-order valence-electron chi connectivity index (χ3n) is 5.29. The molecule has 0 aliphatic heterocycles. The van der Waals surface area contributed by atoms with Gasteiger partial charge in [0, 0.05) is 0 Å². The van der Waals surface area contributed by atoms with E-state index in [1.807, 2.05) is 0 Å². The lowest BCUT2D eigenvalue weighted by atomic mass is 9.77. The van der Waals surface area contributed by atoms with E-state index < -0.39 is 0 Å². The predicted molar refractivity (Wildman–Crippen MR) is 85.2 cm³/mol. The lowest BCUT2D eigenvalue weighted by Gasteiger charge is -2.27. The first-order valence-corrected chi connectivity index (χ1v) is 8.05. The normalized spacial score (nSPS) is 42.2. The van der Waals surface area contributed by atoms with Crippen molar-refractivity contribution in [2.45, 2.75) is 32.1 Å². The lowest BCUT2D eigenvalue weighted by Crippen LogP contribution is -2.18. The Bertz CT molecular complexity index is 577. The van der Waals surface area contributed by atoms with Crippen molar-refractivity contribution < 1.29 is 0 Å². The van der Waals surface area contributed by atoms with Crippen molar-refractivity contribution in [2.24, 2.45) is 17.8 Å². The Hall–Kier alpha value is -1.56. The highest BCUT2D eigenvalue weighted by Crippen LogP contribution is 2.52. The summed E-state index contributed by atoms with van der Waals surface area (Å²) in [4.78, 5) is 0. The van der Waals surface area contributed by atoms with Gasteiger partial charge in [-0.3, -0.25) is 0 Å². The van der Waals surface area contributed by atoms with E-state index in [2.05, 4.69) is 54.7 Å². The molecule has 4 aliphatic carbocycles. The Morgan fingerprint density at radius 3 is 2.90 bits per heavy atom. The molecule has 0 saturated heterocycles. The highest BCUT2D eigenvalue weighted by atomic mass is 14.4. The number of rotatable bonds is 0. The molecule has 0 nitrogen and oxygen atoms in total. The topological polar surface area (TPSA) is 0 Å². The van der Waals surface area contributed by atoms with Crippen LogP contribution in [0.1, 0.15) is 32.1 Å². The lowest BCUT2D eigenvalue weighted by molar-refractivity contribution is 0.364. The monoisotopic (exact) mass is 262 g/mol. The molecule has 0 aromatic rings. The van der Waals surface area contributed by atoms with E-state index in [-0.39, 0.29) is 0 Å². The molecule has 0 heterocycles. The second-order valence-corrected chi connectivity index (χ2v) is 6.35. The second kappa shape index (κ2) is 5.09. The summed E-state index contributed by atoms with van der Waals surface area (Å²) in [6.07, 6.45) is 27.4. The van der Waals surface area contributed by atoms with Gasteiger partial charge in [-0.1, -0.05) is 54.7 Å². The highest BCUT2D eigenvalue weighted by Gasteiger charge is 2.41. The van der Waals surface area contributed by atoms with Crippen LogP contribution in [-0.2, 0) is 0 Å². The molecule has 0 aromatic carbocycles. The summed E-state index contributed by atoms with van der Waals surface area (Å²) in [5, 5.41) is 0. The van der Waals surface area contributed by atoms with Crippen LogP contribution in [0, 0.1) is 17.8 Å². The van der Waals surface area contributed by atoms with Crippen LogP contribution in [0.15, 0.2) is 71.4 Å². The number of allylic oxidation sites excluding steroid dienone is 12. The molecule has 3 atom stereocenters. The van der Waals surface area contributed by atoms with Crippen molar-refractivity contribution in [3.8, 4) is 0 Å². The summed E-state index contributed by atoms with van der Waals surface area (Å²) < 4.78 is 0. The molecule has 0 amide bonds. The van der Waals surface area contributed by atoms with E-state index in [0.29, 0.717) is 5.92 Å². The largest absolute Gasteiger partial charge is 0.0882 e. The van der Waals surface area contributed by atoms with E-state index in [4.69, 9.17) is 0 Å². The maximum atomic E-state index is 2.51. The van der Waals surface area contributed by atoms with Crippen LogP contribution in [0.3, 0.4) is 0 Å². The van der Waals surface area contributed by atoms with Gasteiger partial charge >= 0.3 is 0 Å². The van der Waals surface area contributed by atoms with Gasteiger partial charge in [-0.05, 0) is 66.6 Å². The Morgan fingerprint density at radius 1 is 0.900 bits per heavy atom. The van der Waals surface area contributed by atoms with Gasteiger partial charge in [0.05, 0.1) is 0 Å². The van der Waals surface area contributed by atoms with E-state index in [1.54, 1.807) is 16.7 Å². The summed E-state index contributed by atoms with van der Waals surface area (Å²) in [6.45, 7) is 0. The SMILES string of the molecule is C1=CC2C(CC1)C1=C3C(=C/C=C\C=C/1)\CC/C=C\CC32. The van der Waals surface area contributed by atoms with Gasteiger partial charge in [-0.15, -0.1) is 0 Å². The van der Waals surface area contributed by atoms with E-state index in [9.17, 15) is 0 Å². The van der Waals surface area contributed by atoms with Gasteiger partial charge < -0.3 is 0 Å². The third kappa shape index (κ3) is 1.90. The average molecular weight is 262 g/mol. The van der Waals surface area contributed by atoms with Crippen molar-refractivity contribution in [3.05, 3.63) is 71.4 Å². The molecular weight excluding hydrogens is 240 g/mol. The van der Waals surface area contributed by atoms with Crippen LogP contribution < -0.4 is 0 Å². The van der Waals surface area contributed by atoms with E-state index >= 15 is 0 Å². The standard InChI is InChI=1S/C20H22/c1-3-9-15-10-4-2-6-14-19-17-12-8-7-11-16(17)18(13-5-1)20(15)19/h1-3,5-6,8-9,12-13,16-17,19H,4,7,10-11,14H2/b3-1-,5-1?,6-2-,9-3?,13-5-,15-9-,18-13?,20-15?. The van der Waals surface area contributed by atoms with Crippen molar-refractivity contribution in [3.63, 3.8) is 0 Å². The predicted octanol–water partition coefficient (Wildman–Crippen LogP) is 5.29. The average Bonchev–Trinajstić information content (AvgIpc) is 2.72. The molecule has 0 heteroatoms. The van der Waals surface area contributed by atoms with Crippen LogP contribution >= 0.6 is 0 Å². The summed E-state index contributed by atoms with van der Waals surface area (Å²) in [7, 11) is 0. The number of hydrogen-bond donors (Lipinski definition) is 0. The first-order valence-electron chi connectivity index (χ1n) is 8.05. The molecule has 4 rings (SSSR count). The molecule has 0 bridgehead atoms. The quantitative estimate of drug-likeness (QED) is 0.520. The minimum absolute atomic E-state index is 0.713. The Morgan fingerprint density at radius 2 is 1.90 bits per heavy atom.